The molecule has 0 bridgehead atoms. The number of anilines is 1. The largest absolute Gasteiger partial charge is 0.396 e. The first-order valence-corrected chi connectivity index (χ1v) is 9.79. The number of nitrogens with two attached hydrogens (primary N) is 1. The number of hydrogen-bond acceptors (Lipinski definition) is 4. The Labute approximate surface area is 181 Å². The number of nitrogens with one attached hydrogen (secondary N) is 2. The third kappa shape index (κ3) is 3.77. The molecule has 3 heterocycles. The van der Waals surface area contributed by atoms with Gasteiger partial charge in [0.2, 0.25) is 0 Å². The number of alkyl halides is 1. The van der Waals surface area contributed by atoms with Gasteiger partial charge in [0.05, 0.1) is 21.8 Å². The molecule has 152 valence electrons. The normalized spacial score (nSPS) is 10.4. The molecule has 3 aromatic heterocycles. The van der Waals surface area contributed by atoms with E-state index < -0.39 is 5.82 Å². The maximum absolute atomic E-state index is 14.0. The van der Waals surface area contributed by atoms with Crippen molar-refractivity contribution in [1.29, 1.82) is 5.41 Å². The minimum Gasteiger partial charge on any atom is -0.396 e. The summed E-state index contributed by atoms with van der Waals surface area (Å²) in [6.45, 7) is 0. The smallest absolute Gasteiger partial charge is 0.321 e. The number of pyridine rings is 3. The number of hydrogen-bond donors (Lipinski definition) is 3. The molecule has 4 N–H and O–H groups in total. The number of aromatic amines is 1. The Bertz CT molecular complexity index is 1290. The Hall–Kier alpha value is -3.29. The van der Waals surface area contributed by atoms with E-state index in [-0.39, 0.29) is 22.5 Å². The summed E-state index contributed by atoms with van der Waals surface area (Å²) in [6.07, 6.45) is 7.33. The van der Waals surface area contributed by atoms with E-state index in [0.29, 0.717) is 27.2 Å². The summed E-state index contributed by atoms with van der Waals surface area (Å²) in [6, 6.07) is 9.66. The van der Waals surface area contributed by atoms with Crippen molar-refractivity contribution in [3.8, 4) is 16.8 Å². The molecule has 0 spiro atoms. The lowest BCUT2D eigenvalue weighted by Crippen LogP contribution is -2.37. The summed E-state index contributed by atoms with van der Waals surface area (Å²) in [5.41, 5.74) is 7.48. The van der Waals surface area contributed by atoms with Crippen LogP contribution in [0.25, 0.3) is 27.8 Å². The van der Waals surface area contributed by atoms with Gasteiger partial charge < -0.3 is 16.1 Å². The number of aromatic nitrogens is 3. The lowest BCUT2D eigenvalue weighted by atomic mass is 9.96. The van der Waals surface area contributed by atoms with Gasteiger partial charge in [-0.15, -0.1) is 11.6 Å². The molecule has 30 heavy (non-hydrogen) atoms. The van der Waals surface area contributed by atoms with Gasteiger partial charge >= 0.3 is 5.56 Å². The molecule has 4 rings (SSSR count). The van der Waals surface area contributed by atoms with Crippen LogP contribution in [0.5, 0.6) is 0 Å². The van der Waals surface area contributed by atoms with Crippen LogP contribution in [-0.4, -0.2) is 22.6 Å². The highest BCUT2D eigenvalue weighted by molar-refractivity contribution is 6.31. The standard InChI is InChI=1S/C20H13ClFN5O.CH3Cl/c21-11-8-15-18(25-10-11)16(12-4-5-14(22)17(24)13(12)9-23)19(20(28)26-15)27-6-2-1-3-7-27;1-2/h1-10H,(H3-,23,24,26,28);1H3/p+1. The Balaban J connectivity index is 0.00000124. The van der Waals surface area contributed by atoms with Crippen LogP contribution < -0.4 is 15.9 Å². The molecule has 0 aliphatic rings. The van der Waals surface area contributed by atoms with Crippen molar-refractivity contribution >= 4 is 46.1 Å². The lowest BCUT2D eigenvalue weighted by Gasteiger charge is -2.13. The first-order valence-electron chi connectivity index (χ1n) is 8.66. The van der Waals surface area contributed by atoms with E-state index in [1.54, 1.807) is 35.2 Å². The zero-order valence-corrected chi connectivity index (χ0v) is 17.3. The van der Waals surface area contributed by atoms with Gasteiger partial charge in [-0.05, 0) is 12.1 Å². The summed E-state index contributed by atoms with van der Waals surface area (Å²) in [7, 11) is 0. The molecule has 0 aliphatic carbocycles. The highest BCUT2D eigenvalue weighted by Crippen LogP contribution is 2.34. The molecular formula is C21H17Cl2FN5O+. The third-order valence-electron chi connectivity index (χ3n) is 4.41. The number of nitrogen functional groups attached to an aromatic ring is 1. The van der Waals surface area contributed by atoms with Crippen molar-refractivity contribution in [2.24, 2.45) is 0 Å². The molecule has 4 aromatic rings. The quantitative estimate of drug-likeness (QED) is 0.192. The summed E-state index contributed by atoms with van der Waals surface area (Å²) < 4.78 is 15.6. The van der Waals surface area contributed by atoms with Crippen LogP contribution in [-0.2, 0) is 0 Å². The minimum absolute atomic E-state index is 0.168. The Morgan fingerprint density at radius 1 is 1.23 bits per heavy atom. The summed E-state index contributed by atoms with van der Waals surface area (Å²) in [5, 5.41) is 8.10. The zero-order valence-electron chi connectivity index (χ0n) is 15.8. The van der Waals surface area contributed by atoms with Crippen molar-refractivity contribution in [3.63, 3.8) is 0 Å². The Morgan fingerprint density at radius 3 is 2.60 bits per heavy atom. The van der Waals surface area contributed by atoms with Crippen LogP contribution in [0, 0.1) is 11.2 Å². The van der Waals surface area contributed by atoms with Crippen LogP contribution in [0.1, 0.15) is 5.56 Å². The van der Waals surface area contributed by atoms with E-state index in [1.165, 1.54) is 24.7 Å². The molecule has 0 unspecified atom stereocenters. The maximum atomic E-state index is 14.0. The molecule has 0 aliphatic heterocycles. The summed E-state index contributed by atoms with van der Waals surface area (Å²) in [5.74, 6) is -0.638. The van der Waals surface area contributed by atoms with Crippen molar-refractivity contribution in [2.45, 2.75) is 0 Å². The topological polar surface area (TPSA) is 99.5 Å². The second-order valence-electron chi connectivity index (χ2n) is 6.08. The molecule has 0 atom stereocenters. The molecule has 6 nitrogen and oxygen atoms in total. The SMILES string of the molecule is CCl.N=Cc1c(-c2c(-[n+]3ccccc3)c(=O)[nH]c3cc(Cl)cnc23)ccc(F)c1N. The summed E-state index contributed by atoms with van der Waals surface area (Å²) in [4.78, 5) is 20.2. The van der Waals surface area contributed by atoms with Gasteiger partial charge in [0.1, 0.15) is 11.3 Å². The molecule has 0 radical (unpaired) electrons. The van der Waals surface area contributed by atoms with Gasteiger partial charge in [-0.25, -0.2) is 4.39 Å². The number of benzene rings is 1. The molecular weight excluding hydrogens is 428 g/mol. The van der Waals surface area contributed by atoms with E-state index in [4.69, 9.17) is 22.7 Å². The van der Waals surface area contributed by atoms with Gasteiger partial charge in [-0.2, -0.15) is 4.57 Å². The predicted octanol–water partition coefficient (Wildman–Crippen LogP) is 4.09. The first kappa shape index (κ1) is 21.4. The Morgan fingerprint density at radius 2 is 1.93 bits per heavy atom. The molecule has 0 amide bonds. The van der Waals surface area contributed by atoms with Gasteiger partial charge in [0.15, 0.2) is 12.4 Å². The summed E-state index contributed by atoms with van der Waals surface area (Å²) >= 11 is 10.7. The number of H-pyrrole nitrogens is 1. The number of rotatable bonds is 3. The average molecular weight is 445 g/mol. The van der Waals surface area contributed by atoms with Gasteiger partial charge in [0.25, 0.3) is 5.69 Å². The highest BCUT2D eigenvalue weighted by atomic mass is 35.5. The minimum atomic E-state index is -0.638. The monoisotopic (exact) mass is 444 g/mol. The number of fused-ring (bicyclic) bond motifs is 1. The first-order chi connectivity index (χ1) is 14.5. The molecule has 1 aromatic carbocycles. The number of halogens is 3. The Kier molecular flexibility index (Phi) is 6.44. The predicted molar refractivity (Wildman–Crippen MR) is 118 cm³/mol. The van der Waals surface area contributed by atoms with Crippen LogP contribution in [0.2, 0.25) is 5.02 Å². The molecule has 9 heteroatoms. The second-order valence-corrected chi connectivity index (χ2v) is 6.51. The van der Waals surface area contributed by atoms with Gasteiger partial charge in [-0.3, -0.25) is 9.78 Å². The van der Waals surface area contributed by atoms with Crippen LogP contribution >= 0.6 is 23.2 Å². The van der Waals surface area contributed by atoms with Crippen LogP contribution in [0.4, 0.5) is 10.1 Å². The van der Waals surface area contributed by atoms with Crippen molar-refractivity contribution in [3.05, 3.63) is 81.7 Å². The van der Waals surface area contributed by atoms with E-state index in [0.717, 1.165) is 6.21 Å². The van der Waals surface area contributed by atoms with E-state index in [2.05, 4.69) is 21.6 Å². The molecule has 0 saturated heterocycles. The van der Waals surface area contributed by atoms with Gasteiger partial charge in [0, 0.05) is 42.1 Å². The molecule has 0 fully saturated rings. The fourth-order valence-electron chi connectivity index (χ4n) is 3.17. The fraction of sp³-hybridized carbons (Fsp3) is 0.0476. The highest BCUT2D eigenvalue weighted by Gasteiger charge is 2.26. The van der Waals surface area contributed by atoms with Crippen molar-refractivity contribution in [1.82, 2.24) is 9.97 Å². The van der Waals surface area contributed by atoms with E-state index in [9.17, 15) is 9.18 Å². The van der Waals surface area contributed by atoms with Crippen LogP contribution in [0.3, 0.4) is 0 Å². The van der Waals surface area contributed by atoms with Gasteiger partial charge in [-0.1, -0.05) is 23.7 Å². The van der Waals surface area contributed by atoms with Crippen molar-refractivity contribution < 1.29 is 8.96 Å². The lowest BCUT2D eigenvalue weighted by molar-refractivity contribution is -0.596. The maximum Gasteiger partial charge on any atom is 0.321 e. The third-order valence-corrected chi connectivity index (χ3v) is 4.62. The zero-order chi connectivity index (χ0) is 21.8. The van der Waals surface area contributed by atoms with E-state index in [1.807, 2.05) is 6.07 Å². The number of nitrogens with zero attached hydrogens (tertiary/aromatic N) is 2. The molecule has 0 saturated carbocycles. The van der Waals surface area contributed by atoms with Crippen molar-refractivity contribution in [2.75, 3.05) is 12.1 Å². The second kappa shape index (κ2) is 9.02. The van der Waals surface area contributed by atoms with E-state index >= 15 is 0 Å². The average Bonchev–Trinajstić information content (AvgIpc) is 2.76. The van der Waals surface area contributed by atoms with Crippen LogP contribution in [0.15, 0.2) is 59.8 Å². The fourth-order valence-corrected chi connectivity index (χ4v) is 3.33.